The number of nitrogens with two attached hydrogens (primary N) is 1. The van der Waals surface area contributed by atoms with Crippen molar-refractivity contribution in [2.75, 3.05) is 6.54 Å². The second kappa shape index (κ2) is 6.70. The van der Waals surface area contributed by atoms with Crippen LogP contribution in [0, 0.1) is 5.92 Å². The molecule has 2 atom stereocenters. The highest BCUT2D eigenvalue weighted by molar-refractivity contribution is 5.25. The monoisotopic (exact) mass is 219 g/mol. The van der Waals surface area contributed by atoms with Crippen LogP contribution in [-0.2, 0) is 6.42 Å². The molecule has 1 aromatic rings. The van der Waals surface area contributed by atoms with Gasteiger partial charge >= 0.3 is 0 Å². The fourth-order valence-electron chi connectivity index (χ4n) is 2.01. The smallest absolute Gasteiger partial charge is 0.00746 e. The van der Waals surface area contributed by atoms with Crippen molar-refractivity contribution in [1.29, 1.82) is 0 Å². The van der Waals surface area contributed by atoms with E-state index in [1.165, 1.54) is 17.5 Å². The lowest BCUT2D eigenvalue weighted by Crippen LogP contribution is -2.08. The molecular weight excluding hydrogens is 194 g/mol. The second-order valence-corrected chi connectivity index (χ2v) is 4.94. The minimum atomic E-state index is 0.676. The molecule has 0 aliphatic carbocycles. The second-order valence-electron chi connectivity index (χ2n) is 4.94. The summed E-state index contributed by atoms with van der Waals surface area (Å²) in [4.78, 5) is 0. The van der Waals surface area contributed by atoms with E-state index < -0.39 is 0 Å². The first-order valence-corrected chi connectivity index (χ1v) is 6.46. The molecule has 0 aliphatic heterocycles. The van der Waals surface area contributed by atoms with Gasteiger partial charge in [0.1, 0.15) is 0 Å². The fourth-order valence-corrected chi connectivity index (χ4v) is 2.01. The van der Waals surface area contributed by atoms with E-state index in [1.807, 2.05) is 0 Å². The molecule has 0 amide bonds. The van der Waals surface area contributed by atoms with Crippen LogP contribution in [0.1, 0.15) is 50.7 Å². The van der Waals surface area contributed by atoms with Crippen molar-refractivity contribution in [3.63, 3.8) is 0 Å². The zero-order valence-corrected chi connectivity index (χ0v) is 10.9. The van der Waals surface area contributed by atoms with Gasteiger partial charge in [-0.15, -0.1) is 0 Å². The molecule has 1 heteroatoms. The van der Waals surface area contributed by atoms with E-state index in [-0.39, 0.29) is 0 Å². The third kappa shape index (κ3) is 3.97. The molecule has 2 N–H and O–H groups in total. The van der Waals surface area contributed by atoms with Gasteiger partial charge in [-0.2, -0.15) is 0 Å². The maximum Gasteiger partial charge on any atom is -0.00746 e. The Balaban J connectivity index is 2.57. The minimum Gasteiger partial charge on any atom is -0.330 e. The maximum absolute atomic E-state index is 5.56. The fraction of sp³-hybridized carbons (Fsp3) is 0.600. The quantitative estimate of drug-likeness (QED) is 0.775. The van der Waals surface area contributed by atoms with Crippen LogP contribution in [0.15, 0.2) is 24.3 Å². The molecule has 0 aliphatic rings. The van der Waals surface area contributed by atoms with Crippen LogP contribution >= 0.6 is 0 Å². The summed E-state index contributed by atoms with van der Waals surface area (Å²) in [7, 11) is 0. The first-order valence-electron chi connectivity index (χ1n) is 6.46. The molecule has 0 aromatic heterocycles. The van der Waals surface area contributed by atoms with Crippen molar-refractivity contribution < 1.29 is 0 Å². The third-order valence-electron chi connectivity index (χ3n) is 3.40. The molecule has 0 bridgehead atoms. The van der Waals surface area contributed by atoms with Gasteiger partial charge in [0.2, 0.25) is 0 Å². The van der Waals surface area contributed by atoms with Gasteiger partial charge in [-0.05, 0) is 48.8 Å². The summed E-state index contributed by atoms with van der Waals surface area (Å²) in [5.74, 6) is 1.37. The first-order chi connectivity index (χ1) is 7.67. The average molecular weight is 219 g/mol. The summed E-state index contributed by atoms with van der Waals surface area (Å²) in [6.07, 6.45) is 3.48. The predicted molar refractivity (Wildman–Crippen MR) is 71.7 cm³/mol. The van der Waals surface area contributed by atoms with E-state index in [0.717, 1.165) is 19.4 Å². The van der Waals surface area contributed by atoms with Crippen LogP contribution < -0.4 is 5.73 Å². The Labute approximate surface area is 100 Å². The summed E-state index contributed by atoms with van der Waals surface area (Å²) >= 11 is 0. The summed E-state index contributed by atoms with van der Waals surface area (Å²) in [5.41, 5.74) is 8.46. The van der Waals surface area contributed by atoms with E-state index in [2.05, 4.69) is 45.0 Å². The minimum absolute atomic E-state index is 0.676. The van der Waals surface area contributed by atoms with E-state index >= 15 is 0 Å². The van der Waals surface area contributed by atoms with Gasteiger partial charge in [0.25, 0.3) is 0 Å². The van der Waals surface area contributed by atoms with Crippen molar-refractivity contribution in [2.24, 2.45) is 11.7 Å². The van der Waals surface area contributed by atoms with Crippen LogP contribution in [0.5, 0.6) is 0 Å². The van der Waals surface area contributed by atoms with Gasteiger partial charge in [0, 0.05) is 0 Å². The Morgan fingerprint density at radius 2 is 1.75 bits per heavy atom. The van der Waals surface area contributed by atoms with Crippen LogP contribution in [-0.4, -0.2) is 6.54 Å². The highest BCUT2D eigenvalue weighted by Gasteiger charge is 2.05. The first kappa shape index (κ1) is 13.2. The molecule has 1 aromatic carbocycles. The van der Waals surface area contributed by atoms with Crippen molar-refractivity contribution in [1.82, 2.24) is 0 Å². The molecule has 0 fully saturated rings. The Morgan fingerprint density at radius 1 is 1.12 bits per heavy atom. The summed E-state index contributed by atoms with van der Waals surface area (Å²) < 4.78 is 0. The molecule has 0 heterocycles. The van der Waals surface area contributed by atoms with Gasteiger partial charge in [-0.25, -0.2) is 0 Å². The van der Waals surface area contributed by atoms with Crippen LogP contribution in [0.25, 0.3) is 0 Å². The van der Waals surface area contributed by atoms with Gasteiger partial charge < -0.3 is 5.73 Å². The molecule has 0 saturated carbocycles. The van der Waals surface area contributed by atoms with Crippen LogP contribution in [0.3, 0.4) is 0 Å². The van der Waals surface area contributed by atoms with Crippen molar-refractivity contribution in [3.8, 4) is 0 Å². The summed E-state index contributed by atoms with van der Waals surface area (Å²) in [5, 5.41) is 0. The van der Waals surface area contributed by atoms with Crippen molar-refractivity contribution in [3.05, 3.63) is 35.4 Å². The molecule has 1 rings (SSSR count). The molecule has 2 unspecified atom stereocenters. The number of hydrogen-bond donors (Lipinski definition) is 1. The zero-order chi connectivity index (χ0) is 12.0. The normalized spacial score (nSPS) is 14.8. The zero-order valence-electron chi connectivity index (χ0n) is 10.9. The summed E-state index contributed by atoms with van der Waals surface area (Å²) in [6, 6.07) is 9.10. The standard InChI is InChI=1S/C15H25N/c1-4-13(3)15-7-5-14(6-8-15)11-12(2)9-10-16/h5-8,12-13H,4,9-11,16H2,1-3H3. The van der Waals surface area contributed by atoms with Crippen LogP contribution in [0.2, 0.25) is 0 Å². The average Bonchev–Trinajstić information content (AvgIpc) is 2.29. The Morgan fingerprint density at radius 3 is 2.25 bits per heavy atom. The number of hydrogen-bond acceptors (Lipinski definition) is 1. The SMILES string of the molecule is CCC(C)c1ccc(CC(C)CCN)cc1. The molecular formula is C15H25N. The largest absolute Gasteiger partial charge is 0.330 e. The van der Waals surface area contributed by atoms with E-state index in [0.29, 0.717) is 11.8 Å². The highest BCUT2D eigenvalue weighted by Crippen LogP contribution is 2.20. The van der Waals surface area contributed by atoms with Crippen molar-refractivity contribution >= 4 is 0 Å². The Kier molecular flexibility index (Phi) is 5.54. The summed E-state index contributed by atoms with van der Waals surface area (Å²) in [6.45, 7) is 7.59. The molecule has 90 valence electrons. The van der Waals surface area contributed by atoms with Crippen molar-refractivity contribution in [2.45, 2.75) is 46.0 Å². The van der Waals surface area contributed by atoms with Gasteiger partial charge in [-0.3, -0.25) is 0 Å². The Hall–Kier alpha value is -0.820. The Bertz CT molecular complexity index is 289. The lowest BCUT2D eigenvalue weighted by Gasteiger charge is -2.12. The highest BCUT2D eigenvalue weighted by atomic mass is 14.5. The maximum atomic E-state index is 5.56. The van der Waals surface area contributed by atoms with Gasteiger partial charge in [0.05, 0.1) is 0 Å². The third-order valence-corrected chi connectivity index (χ3v) is 3.40. The van der Waals surface area contributed by atoms with Gasteiger partial charge in [-0.1, -0.05) is 45.0 Å². The van der Waals surface area contributed by atoms with Gasteiger partial charge in [0.15, 0.2) is 0 Å². The molecule has 0 radical (unpaired) electrons. The predicted octanol–water partition coefficient (Wildman–Crippen LogP) is 3.73. The number of benzene rings is 1. The lowest BCUT2D eigenvalue weighted by molar-refractivity contribution is 0.538. The topological polar surface area (TPSA) is 26.0 Å². The van der Waals surface area contributed by atoms with E-state index in [1.54, 1.807) is 0 Å². The number of rotatable bonds is 6. The molecule has 0 spiro atoms. The molecule has 1 nitrogen and oxygen atoms in total. The van der Waals surface area contributed by atoms with Crippen LogP contribution in [0.4, 0.5) is 0 Å². The molecule has 16 heavy (non-hydrogen) atoms. The van der Waals surface area contributed by atoms with E-state index in [9.17, 15) is 0 Å². The van der Waals surface area contributed by atoms with E-state index in [4.69, 9.17) is 5.73 Å². The lowest BCUT2D eigenvalue weighted by atomic mass is 9.94. The molecule has 0 saturated heterocycles.